The van der Waals surface area contributed by atoms with E-state index in [4.69, 9.17) is 16.6 Å². The highest BCUT2D eigenvalue weighted by Gasteiger charge is 2.22. The standard InChI is InChI=1S/C26H23ClN4O2/c1-16-23(14-30(2)29-16)26-22-11-17(6-7-20(22)13-28-26)18-8-9-31(25(33)12-18)24(15-32)19-4-3-5-21(27)10-19/h3-12,14,24,32H,13,15H2,1-2H3/t24-/m1/s1. The third-order valence-electron chi connectivity index (χ3n) is 6.06. The van der Waals surface area contributed by atoms with Gasteiger partial charge in [0.15, 0.2) is 0 Å². The van der Waals surface area contributed by atoms with Crippen molar-refractivity contribution in [2.24, 2.45) is 12.0 Å². The maximum Gasteiger partial charge on any atom is 0.251 e. The number of aryl methyl sites for hydroxylation is 2. The summed E-state index contributed by atoms with van der Waals surface area (Å²) in [5.74, 6) is 0. The van der Waals surface area contributed by atoms with Crippen LogP contribution in [-0.4, -0.2) is 31.8 Å². The average Bonchev–Trinajstić information content (AvgIpc) is 3.36. The Balaban J connectivity index is 1.51. The van der Waals surface area contributed by atoms with Gasteiger partial charge >= 0.3 is 0 Å². The molecule has 33 heavy (non-hydrogen) atoms. The van der Waals surface area contributed by atoms with Gasteiger partial charge in [-0.05, 0) is 53.4 Å². The van der Waals surface area contributed by atoms with Crippen LogP contribution in [0.4, 0.5) is 0 Å². The van der Waals surface area contributed by atoms with Crippen LogP contribution < -0.4 is 5.56 Å². The van der Waals surface area contributed by atoms with Crippen molar-refractivity contribution in [3.05, 3.63) is 110 Å². The van der Waals surface area contributed by atoms with Crippen LogP contribution in [0.3, 0.4) is 0 Å². The van der Waals surface area contributed by atoms with Crippen LogP contribution in [0.15, 0.2) is 76.8 Å². The van der Waals surface area contributed by atoms with Crippen molar-refractivity contribution >= 4 is 17.3 Å². The van der Waals surface area contributed by atoms with Crippen molar-refractivity contribution in [1.82, 2.24) is 14.3 Å². The van der Waals surface area contributed by atoms with Crippen molar-refractivity contribution in [1.29, 1.82) is 0 Å². The molecule has 6 nitrogen and oxygen atoms in total. The number of hydrogen-bond acceptors (Lipinski definition) is 4. The molecule has 0 saturated carbocycles. The maximum atomic E-state index is 13.0. The highest BCUT2D eigenvalue weighted by atomic mass is 35.5. The molecule has 2 aromatic carbocycles. The second kappa shape index (κ2) is 8.46. The molecule has 0 saturated heterocycles. The van der Waals surface area contributed by atoms with Gasteiger partial charge in [-0.25, -0.2) is 0 Å². The molecule has 1 N–H and O–H groups in total. The first kappa shape index (κ1) is 21.4. The van der Waals surface area contributed by atoms with E-state index < -0.39 is 6.04 Å². The molecular formula is C26H23ClN4O2. The zero-order valence-corrected chi connectivity index (χ0v) is 19.1. The van der Waals surface area contributed by atoms with Crippen molar-refractivity contribution < 1.29 is 5.11 Å². The molecule has 0 radical (unpaired) electrons. The molecule has 7 heteroatoms. The van der Waals surface area contributed by atoms with Crippen LogP contribution in [0.5, 0.6) is 0 Å². The molecule has 4 aromatic rings. The van der Waals surface area contributed by atoms with E-state index in [1.807, 2.05) is 44.4 Å². The summed E-state index contributed by atoms with van der Waals surface area (Å²) in [6.07, 6.45) is 3.72. The Hall–Kier alpha value is -3.48. The lowest BCUT2D eigenvalue weighted by Gasteiger charge is -2.19. The lowest BCUT2D eigenvalue weighted by Crippen LogP contribution is -2.26. The predicted molar refractivity (Wildman–Crippen MR) is 130 cm³/mol. The highest BCUT2D eigenvalue weighted by molar-refractivity contribution is 6.30. The Morgan fingerprint density at radius 2 is 1.91 bits per heavy atom. The van der Waals surface area contributed by atoms with Gasteiger partial charge in [0.05, 0.1) is 30.6 Å². The molecule has 0 aliphatic carbocycles. The van der Waals surface area contributed by atoms with Crippen LogP contribution >= 0.6 is 11.6 Å². The molecule has 1 aliphatic rings. The van der Waals surface area contributed by atoms with Crippen LogP contribution in [0.1, 0.15) is 34.0 Å². The van der Waals surface area contributed by atoms with E-state index in [9.17, 15) is 9.90 Å². The number of nitrogens with zero attached hydrogens (tertiary/aromatic N) is 4. The van der Waals surface area contributed by atoms with E-state index in [2.05, 4.69) is 17.2 Å². The van der Waals surface area contributed by atoms with Gasteiger partial charge in [0.2, 0.25) is 0 Å². The first-order chi connectivity index (χ1) is 15.9. The average molecular weight is 459 g/mol. The van der Waals surface area contributed by atoms with Gasteiger partial charge in [-0.15, -0.1) is 0 Å². The largest absolute Gasteiger partial charge is 0.394 e. The summed E-state index contributed by atoms with van der Waals surface area (Å²) < 4.78 is 3.33. The van der Waals surface area contributed by atoms with E-state index >= 15 is 0 Å². The Kier molecular flexibility index (Phi) is 5.48. The van der Waals surface area contributed by atoms with E-state index in [1.165, 1.54) is 4.57 Å². The van der Waals surface area contributed by atoms with E-state index in [0.717, 1.165) is 44.8 Å². The predicted octanol–water partition coefficient (Wildman–Crippen LogP) is 4.14. The minimum atomic E-state index is -0.502. The molecule has 0 amide bonds. The number of halogens is 1. The minimum Gasteiger partial charge on any atom is -0.394 e. The first-order valence-electron chi connectivity index (χ1n) is 10.7. The summed E-state index contributed by atoms with van der Waals surface area (Å²) in [4.78, 5) is 17.8. The summed E-state index contributed by atoms with van der Waals surface area (Å²) in [5.41, 5.74) is 7.48. The first-order valence-corrected chi connectivity index (χ1v) is 11.1. The highest BCUT2D eigenvalue weighted by Crippen LogP contribution is 2.29. The number of benzene rings is 2. The fourth-order valence-electron chi connectivity index (χ4n) is 4.42. The Morgan fingerprint density at radius 1 is 1.09 bits per heavy atom. The number of hydrogen-bond donors (Lipinski definition) is 1. The second-order valence-corrected chi connectivity index (χ2v) is 8.69. The van der Waals surface area contributed by atoms with Crippen molar-refractivity contribution in [2.75, 3.05) is 6.61 Å². The van der Waals surface area contributed by atoms with Crippen molar-refractivity contribution in [2.45, 2.75) is 19.5 Å². The molecule has 0 unspecified atom stereocenters. The van der Waals surface area contributed by atoms with E-state index in [-0.39, 0.29) is 12.2 Å². The summed E-state index contributed by atoms with van der Waals surface area (Å²) in [6.45, 7) is 2.41. The van der Waals surface area contributed by atoms with Gasteiger partial charge < -0.3 is 9.67 Å². The summed E-state index contributed by atoms with van der Waals surface area (Å²) in [7, 11) is 1.90. The lowest BCUT2D eigenvalue weighted by molar-refractivity contribution is 0.247. The topological polar surface area (TPSA) is 72.4 Å². The normalized spacial score (nSPS) is 13.6. The molecule has 5 rings (SSSR count). The third-order valence-corrected chi connectivity index (χ3v) is 6.30. The Bertz CT molecular complexity index is 1450. The number of aliphatic hydroxyl groups is 1. The van der Waals surface area contributed by atoms with Crippen molar-refractivity contribution in [3.8, 4) is 11.1 Å². The number of aliphatic hydroxyl groups excluding tert-OH is 1. The summed E-state index contributed by atoms with van der Waals surface area (Å²) >= 11 is 6.11. The summed E-state index contributed by atoms with van der Waals surface area (Å²) in [5, 5.41) is 15.0. The quantitative estimate of drug-likeness (QED) is 0.488. The van der Waals surface area contributed by atoms with Gasteiger partial charge in [-0.3, -0.25) is 14.5 Å². The van der Waals surface area contributed by atoms with Gasteiger partial charge in [-0.2, -0.15) is 5.10 Å². The maximum absolute atomic E-state index is 13.0. The fraction of sp³-hybridized carbons (Fsp3) is 0.192. The molecule has 1 aliphatic heterocycles. The fourth-order valence-corrected chi connectivity index (χ4v) is 4.62. The zero-order chi connectivity index (χ0) is 23.1. The molecule has 1 atom stereocenters. The monoisotopic (exact) mass is 458 g/mol. The van der Waals surface area contributed by atoms with Gasteiger partial charge in [0, 0.05) is 41.7 Å². The number of aromatic nitrogens is 3. The zero-order valence-electron chi connectivity index (χ0n) is 18.4. The van der Waals surface area contributed by atoms with Crippen LogP contribution in [0, 0.1) is 6.92 Å². The van der Waals surface area contributed by atoms with Gasteiger partial charge in [0.25, 0.3) is 5.56 Å². The molecule has 0 fully saturated rings. The second-order valence-electron chi connectivity index (χ2n) is 8.25. The number of aliphatic imine (C=N–C) groups is 1. The van der Waals surface area contributed by atoms with E-state index in [1.54, 1.807) is 29.1 Å². The molecule has 2 aromatic heterocycles. The molecular weight excluding hydrogens is 436 g/mol. The molecule has 166 valence electrons. The Morgan fingerprint density at radius 3 is 2.61 bits per heavy atom. The lowest BCUT2D eigenvalue weighted by atomic mass is 9.96. The Labute approximate surface area is 196 Å². The van der Waals surface area contributed by atoms with Crippen LogP contribution in [-0.2, 0) is 13.6 Å². The molecule has 0 bridgehead atoms. The van der Waals surface area contributed by atoms with Gasteiger partial charge in [-0.1, -0.05) is 35.9 Å². The number of pyridine rings is 1. The summed E-state index contributed by atoms with van der Waals surface area (Å²) in [6, 6.07) is 16.4. The van der Waals surface area contributed by atoms with Crippen LogP contribution in [0.25, 0.3) is 11.1 Å². The van der Waals surface area contributed by atoms with Gasteiger partial charge in [0.1, 0.15) is 0 Å². The smallest absolute Gasteiger partial charge is 0.251 e. The van der Waals surface area contributed by atoms with E-state index in [0.29, 0.717) is 11.6 Å². The number of fused-ring (bicyclic) bond motifs is 1. The number of rotatable bonds is 5. The third kappa shape index (κ3) is 3.92. The molecule has 0 spiro atoms. The van der Waals surface area contributed by atoms with Crippen LogP contribution in [0.2, 0.25) is 5.02 Å². The SMILES string of the molecule is Cc1nn(C)cc1C1=NCc2ccc(-c3ccn([C@H](CO)c4cccc(Cl)c4)c(=O)c3)cc21. The molecule has 3 heterocycles. The van der Waals surface area contributed by atoms with Crippen molar-refractivity contribution in [3.63, 3.8) is 0 Å². The minimum absolute atomic E-state index is 0.191.